The second-order valence-electron chi connectivity index (χ2n) is 11.6. The molecule has 0 heterocycles. The Kier molecular flexibility index (Phi) is 11.3. The minimum atomic E-state index is -4.26. The number of nitrogens with two attached hydrogens (primary N) is 2. The van der Waals surface area contributed by atoms with Crippen molar-refractivity contribution < 1.29 is 36.2 Å². The van der Waals surface area contributed by atoms with Gasteiger partial charge in [-0.2, -0.15) is 22.0 Å². The lowest BCUT2D eigenvalue weighted by atomic mass is 9.79. The van der Waals surface area contributed by atoms with E-state index in [4.69, 9.17) is 20.9 Å². The first kappa shape index (κ1) is 35.0. The summed E-state index contributed by atoms with van der Waals surface area (Å²) < 4.78 is 77.1. The summed E-state index contributed by atoms with van der Waals surface area (Å²) in [6, 6.07) is 25.5. The number of carbonyl (C=O) groups excluding carboxylic acids is 1. The molecule has 247 valence electrons. The molecule has 0 atom stereocenters. The first-order chi connectivity index (χ1) is 22.2. The van der Waals surface area contributed by atoms with Gasteiger partial charge in [0.25, 0.3) is 0 Å². The molecule has 0 spiro atoms. The highest BCUT2D eigenvalue weighted by Gasteiger charge is 2.34. The molecule has 0 aliphatic carbocycles. The Hall–Kier alpha value is -4.86. The topological polar surface area (TPSA) is 87.6 Å². The second kappa shape index (κ2) is 15.2. The Bertz CT molecular complexity index is 1570. The largest absolute Gasteiger partial charge is 0.462 e. The smallest absolute Gasteiger partial charge is 0.426 e. The lowest BCUT2D eigenvalue weighted by Gasteiger charge is -2.29. The maximum Gasteiger partial charge on any atom is 0.426 e. The molecule has 47 heavy (non-hydrogen) atoms. The number of carbonyl (C=O) groups is 1. The fraction of sp³-hybridized carbons (Fsp3) is 0.243. The van der Waals surface area contributed by atoms with E-state index in [0.717, 1.165) is 23.3 Å². The van der Waals surface area contributed by atoms with Gasteiger partial charge in [0.2, 0.25) is 0 Å². The van der Waals surface area contributed by atoms with Gasteiger partial charge in [-0.05, 0) is 109 Å². The molecule has 0 bridgehead atoms. The SMILES string of the molecule is [CH2]C(COC(=O)/C=C/c1ccc(OC(F)(F)c2ccc(CCCC(F)(F)F)cc2)cc1)(Cc1ccc(N)cc1)Cc1ccc(N)cc1. The molecule has 10 heteroatoms. The zero-order chi connectivity index (χ0) is 34.1. The van der Waals surface area contributed by atoms with Gasteiger partial charge in [-0.15, -0.1) is 0 Å². The number of anilines is 2. The molecule has 0 fully saturated rings. The third-order valence-corrected chi connectivity index (χ3v) is 7.39. The van der Waals surface area contributed by atoms with Crippen LogP contribution in [0.15, 0.2) is 103 Å². The van der Waals surface area contributed by atoms with E-state index in [1.54, 1.807) is 24.3 Å². The van der Waals surface area contributed by atoms with E-state index in [2.05, 4.69) is 6.92 Å². The number of hydrogen-bond acceptors (Lipinski definition) is 5. The highest BCUT2D eigenvalue weighted by molar-refractivity contribution is 5.87. The molecule has 1 radical (unpaired) electrons. The summed E-state index contributed by atoms with van der Waals surface area (Å²) in [5, 5.41) is 0. The van der Waals surface area contributed by atoms with E-state index >= 15 is 0 Å². The van der Waals surface area contributed by atoms with Crippen LogP contribution in [0.1, 0.15) is 40.7 Å². The molecular formula is C37H36F5N2O3. The number of hydrogen-bond donors (Lipinski definition) is 2. The first-order valence-corrected chi connectivity index (χ1v) is 14.9. The van der Waals surface area contributed by atoms with Gasteiger partial charge >= 0.3 is 18.3 Å². The predicted molar refractivity (Wildman–Crippen MR) is 173 cm³/mol. The van der Waals surface area contributed by atoms with Crippen LogP contribution < -0.4 is 16.2 Å². The molecule has 4 aromatic rings. The van der Waals surface area contributed by atoms with Crippen LogP contribution >= 0.6 is 0 Å². The number of rotatable bonds is 14. The van der Waals surface area contributed by atoms with Gasteiger partial charge in [0, 0.05) is 29.3 Å². The maximum absolute atomic E-state index is 14.8. The summed E-state index contributed by atoms with van der Waals surface area (Å²) in [4.78, 5) is 12.7. The minimum Gasteiger partial charge on any atom is -0.462 e. The monoisotopic (exact) mass is 651 g/mol. The summed E-state index contributed by atoms with van der Waals surface area (Å²) in [5.41, 5.74) is 14.8. The van der Waals surface area contributed by atoms with Crippen molar-refractivity contribution in [1.82, 2.24) is 0 Å². The Labute approximate surface area is 271 Å². The quantitative estimate of drug-likeness (QED) is 0.0617. The predicted octanol–water partition coefficient (Wildman–Crippen LogP) is 8.73. The van der Waals surface area contributed by atoms with E-state index < -0.39 is 35.7 Å². The van der Waals surface area contributed by atoms with Crippen LogP contribution in [0.5, 0.6) is 5.75 Å². The summed E-state index contributed by atoms with van der Waals surface area (Å²) in [6.07, 6.45) is -5.09. The lowest BCUT2D eigenvalue weighted by molar-refractivity contribution is -0.185. The third kappa shape index (κ3) is 11.5. The molecule has 0 saturated heterocycles. The van der Waals surface area contributed by atoms with E-state index in [1.807, 2.05) is 24.3 Å². The fourth-order valence-electron chi connectivity index (χ4n) is 4.95. The first-order valence-electron chi connectivity index (χ1n) is 14.9. The summed E-state index contributed by atoms with van der Waals surface area (Å²) in [6.45, 7) is 4.43. The van der Waals surface area contributed by atoms with Crippen LogP contribution in [0.3, 0.4) is 0 Å². The van der Waals surface area contributed by atoms with Gasteiger partial charge in [0.05, 0.1) is 12.2 Å². The third-order valence-electron chi connectivity index (χ3n) is 7.39. The van der Waals surface area contributed by atoms with Gasteiger partial charge in [0.1, 0.15) is 5.75 Å². The van der Waals surface area contributed by atoms with Crippen LogP contribution in [-0.2, 0) is 34.9 Å². The van der Waals surface area contributed by atoms with Crippen molar-refractivity contribution in [2.75, 3.05) is 18.1 Å². The van der Waals surface area contributed by atoms with Crippen LogP contribution in [0, 0.1) is 12.3 Å². The van der Waals surface area contributed by atoms with Crippen LogP contribution in [0.25, 0.3) is 6.08 Å². The zero-order valence-corrected chi connectivity index (χ0v) is 25.6. The van der Waals surface area contributed by atoms with Crippen molar-refractivity contribution in [1.29, 1.82) is 0 Å². The number of esters is 1. The molecule has 4 N–H and O–H groups in total. The van der Waals surface area contributed by atoms with Gasteiger partial charge in [-0.3, -0.25) is 0 Å². The molecule has 4 rings (SSSR count). The van der Waals surface area contributed by atoms with Crippen LogP contribution in [0.4, 0.5) is 33.3 Å². The summed E-state index contributed by atoms with van der Waals surface area (Å²) in [5.74, 6) is -0.711. The van der Waals surface area contributed by atoms with Crippen molar-refractivity contribution in [3.8, 4) is 5.75 Å². The average molecular weight is 652 g/mol. The second-order valence-corrected chi connectivity index (χ2v) is 11.6. The van der Waals surface area contributed by atoms with Gasteiger partial charge in [-0.1, -0.05) is 48.5 Å². The van der Waals surface area contributed by atoms with E-state index in [0.29, 0.717) is 35.3 Å². The Morgan fingerprint density at radius 2 is 1.23 bits per heavy atom. The minimum absolute atomic E-state index is 0.0291. The van der Waals surface area contributed by atoms with Crippen LogP contribution in [-0.4, -0.2) is 18.8 Å². The molecule has 4 aromatic carbocycles. The van der Waals surface area contributed by atoms with Gasteiger partial charge < -0.3 is 20.9 Å². The molecular weight excluding hydrogens is 615 g/mol. The number of aryl methyl sites for hydroxylation is 1. The Morgan fingerprint density at radius 3 is 1.74 bits per heavy atom. The van der Waals surface area contributed by atoms with Crippen molar-refractivity contribution in [3.05, 3.63) is 138 Å². The number of nitrogen functional groups attached to an aromatic ring is 2. The number of ether oxygens (including phenoxy) is 2. The number of alkyl halides is 5. The number of benzene rings is 4. The van der Waals surface area contributed by atoms with Crippen molar-refractivity contribution in [2.45, 2.75) is 44.4 Å². The van der Waals surface area contributed by atoms with E-state index in [-0.39, 0.29) is 25.2 Å². The van der Waals surface area contributed by atoms with Gasteiger partial charge in [-0.25, -0.2) is 4.79 Å². The average Bonchev–Trinajstić information content (AvgIpc) is 3.01. The van der Waals surface area contributed by atoms with Crippen molar-refractivity contribution >= 4 is 23.4 Å². The van der Waals surface area contributed by atoms with Crippen molar-refractivity contribution in [2.24, 2.45) is 5.41 Å². The Balaban J connectivity index is 1.32. The number of halogens is 5. The molecule has 0 aliphatic rings. The highest BCUT2D eigenvalue weighted by Crippen LogP contribution is 2.33. The van der Waals surface area contributed by atoms with Crippen LogP contribution in [0.2, 0.25) is 0 Å². The molecule has 0 unspecified atom stereocenters. The molecule has 0 amide bonds. The molecule has 0 saturated carbocycles. The summed E-state index contributed by atoms with van der Waals surface area (Å²) in [7, 11) is 0. The molecule has 0 aromatic heterocycles. The van der Waals surface area contributed by atoms with Crippen molar-refractivity contribution in [3.63, 3.8) is 0 Å². The van der Waals surface area contributed by atoms with E-state index in [9.17, 15) is 26.7 Å². The Morgan fingerprint density at radius 1 is 0.723 bits per heavy atom. The van der Waals surface area contributed by atoms with Gasteiger partial charge in [0.15, 0.2) is 0 Å². The highest BCUT2D eigenvalue weighted by atomic mass is 19.4. The maximum atomic E-state index is 14.8. The molecule has 5 nitrogen and oxygen atoms in total. The molecule has 0 aliphatic heterocycles. The van der Waals surface area contributed by atoms with E-state index in [1.165, 1.54) is 48.6 Å². The zero-order valence-electron chi connectivity index (χ0n) is 25.6. The normalized spacial score (nSPS) is 12.3. The standard InChI is InChI=1S/C37H36F5N2O3/c1-35(23-28-6-15-31(43)16-7-28,24-29-8-17-32(44)18-9-29)25-46-34(45)21-12-27-10-19-33(20-11-27)47-37(41,42)30-13-4-26(5-14-30)3-2-22-36(38,39)40/h4-21H,1-3,22-25,43-44H2/b21-12+. The summed E-state index contributed by atoms with van der Waals surface area (Å²) >= 11 is 0. The lowest BCUT2D eigenvalue weighted by Crippen LogP contribution is -2.30. The fourth-order valence-corrected chi connectivity index (χ4v) is 4.95.